The van der Waals surface area contributed by atoms with Crippen LogP contribution < -0.4 is 15.4 Å². The van der Waals surface area contributed by atoms with Crippen molar-refractivity contribution < 1.29 is 42.5 Å². The lowest BCUT2D eigenvalue weighted by molar-refractivity contribution is -0.138. The van der Waals surface area contributed by atoms with Gasteiger partial charge >= 0.3 is 12.2 Å². The number of imidazole rings is 2. The molecule has 384 valence electrons. The van der Waals surface area contributed by atoms with Gasteiger partial charge in [0, 0.05) is 34.5 Å². The Labute approximate surface area is 426 Å². The monoisotopic (exact) mass is 1020 g/mol. The third-order valence-corrected chi connectivity index (χ3v) is 16.6. The molecule has 17 nitrogen and oxygen atoms in total. The minimum absolute atomic E-state index is 0.0493. The first-order valence-electron chi connectivity index (χ1n) is 25.6. The van der Waals surface area contributed by atoms with Crippen molar-refractivity contribution in [2.75, 3.05) is 27.3 Å². The Bertz CT molecular complexity index is 3080. The Morgan fingerprint density at radius 3 is 2.05 bits per heavy atom. The molecule has 4 amide bonds. The van der Waals surface area contributed by atoms with Crippen molar-refractivity contribution in [2.24, 2.45) is 11.8 Å². The normalized spacial score (nSPS) is 23.5. The third-order valence-electron chi connectivity index (χ3n) is 15.3. The van der Waals surface area contributed by atoms with Crippen LogP contribution in [0.4, 0.5) is 14.0 Å². The molecular formula is C54H62FN9O8S. The predicted octanol–water partition coefficient (Wildman–Crippen LogP) is 9.74. The predicted molar refractivity (Wildman–Crippen MR) is 271 cm³/mol. The van der Waals surface area contributed by atoms with Crippen LogP contribution in [-0.4, -0.2) is 110 Å². The van der Waals surface area contributed by atoms with Crippen LogP contribution in [0.3, 0.4) is 0 Å². The van der Waals surface area contributed by atoms with Gasteiger partial charge < -0.3 is 49.3 Å². The number of likely N-dealkylation sites (tertiary alicyclic amines) is 2. The maximum atomic E-state index is 17.0. The first kappa shape index (κ1) is 48.5. The average Bonchev–Trinajstić information content (AvgIpc) is 4.10. The molecule has 2 unspecified atom stereocenters. The number of aromatic nitrogens is 5. The zero-order chi connectivity index (χ0) is 50.8. The molecule has 6 aromatic rings. The Kier molecular flexibility index (Phi) is 13.0. The molecule has 73 heavy (non-hydrogen) atoms. The second kappa shape index (κ2) is 19.6. The van der Waals surface area contributed by atoms with Gasteiger partial charge in [0.1, 0.15) is 35.3 Å². The largest absolute Gasteiger partial charge is 0.464 e. The Morgan fingerprint density at radius 2 is 1.41 bits per heavy atom. The molecule has 0 radical (unpaired) electrons. The number of halogens is 1. The van der Waals surface area contributed by atoms with Crippen molar-refractivity contribution in [3.63, 3.8) is 0 Å². The zero-order valence-electron chi connectivity index (χ0n) is 41.9. The van der Waals surface area contributed by atoms with E-state index in [1.54, 1.807) is 28.6 Å². The maximum Gasteiger partial charge on any atom is 0.407 e. The van der Waals surface area contributed by atoms with Crippen LogP contribution in [-0.2, 0) is 23.8 Å². The highest BCUT2D eigenvalue weighted by molar-refractivity contribution is 7.12. The van der Waals surface area contributed by atoms with E-state index in [0.29, 0.717) is 84.6 Å². The molecule has 3 saturated heterocycles. The van der Waals surface area contributed by atoms with Gasteiger partial charge in [0.25, 0.3) is 0 Å². The molecule has 4 aromatic heterocycles. The van der Waals surface area contributed by atoms with Gasteiger partial charge in [0.05, 0.1) is 83.9 Å². The Hall–Kier alpha value is -6.73. The number of aromatic amines is 2. The van der Waals surface area contributed by atoms with Crippen LogP contribution in [0, 0.1) is 17.7 Å². The summed E-state index contributed by atoms with van der Waals surface area (Å²) >= 11 is 1.73. The van der Waals surface area contributed by atoms with Crippen LogP contribution in [0.15, 0.2) is 60.9 Å². The van der Waals surface area contributed by atoms with Gasteiger partial charge in [0.2, 0.25) is 18.0 Å². The number of benzene rings is 2. The summed E-state index contributed by atoms with van der Waals surface area (Å²) in [7, 11) is 2.57. The fourth-order valence-corrected chi connectivity index (χ4v) is 12.9. The lowest BCUT2D eigenvalue weighted by Gasteiger charge is -2.38. The molecule has 11 rings (SSSR count). The van der Waals surface area contributed by atoms with E-state index in [1.807, 2.05) is 56.9 Å². The number of fused-ring (bicyclic) bond motifs is 5. The van der Waals surface area contributed by atoms with Crippen molar-refractivity contribution in [3.05, 3.63) is 88.1 Å². The van der Waals surface area contributed by atoms with Crippen LogP contribution in [0.2, 0.25) is 0 Å². The van der Waals surface area contributed by atoms with E-state index in [0.717, 1.165) is 52.7 Å². The summed E-state index contributed by atoms with van der Waals surface area (Å²) in [5.74, 6) is 1.08. The highest BCUT2D eigenvalue weighted by Gasteiger charge is 2.43. The van der Waals surface area contributed by atoms with Gasteiger partial charge in [-0.1, -0.05) is 19.9 Å². The summed E-state index contributed by atoms with van der Waals surface area (Å²) in [5.41, 5.74) is 4.69. The molecule has 7 atom stereocenters. The minimum Gasteiger partial charge on any atom is -0.464 e. The summed E-state index contributed by atoms with van der Waals surface area (Å²) in [6.07, 6.45) is 8.02. The van der Waals surface area contributed by atoms with Gasteiger partial charge in [-0.05, 0) is 125 Å². The minimum atomic E-state index is -0.771. The number of H-pyrrole nitrogens is 2. The molecule has 0 spiro atoms. The second-order valence-corrected chi connectivity index (χ2v) is 21.8. The molecule has 1 aliphatic carbocycles. The van der Waals surface area contributed by atoms with Crippen LogP contribution >= 0.6 is 11.3 Å². The van der Waals surface area contributed by atoms with E-state index < -0.39 is 36.3 Å². The molecule has 5 aliphatic rings. The quantitative estimate of drug-likeness (QED) is 0.0916. The average molecular weight is 1020 g/mol. The fourth-order valence-electron chi connectivity index (χ4n) is 11.7. The van der Waals surface area contributed by atoms with Crippen molar-refractivity contribution >= 4 is 46.2 Å². The summed E-state index contributed by atoms with van der Waals surface area (Å²) in [6.45, 7) is 8.78. The first-order chi connectivity index (χ1) is 35.3. The molecular weight excluding hydrogens is 954 g/mol. The highest BCUT2D eigenvalue weighted by Crippen LogP contribution is 2.50. The first-order valence-corrected chi connectivity index (χ1v) is 26.4. The molecule has 2 aromatic carbocycles. The molecule has 4 aliphatic heterocycles. The maximum absolute atomic E-state index is 17.0. The fraction of sp³-hybridized carbons (Fsp3) is 0.481. The highest BCUT2D eigenvalue weighted by atomic mass is 32.1. The number of nitrogens with one attached hydrogen (secondary N) is 4. The molecule has 4 N–H and O–H groups in total. The number of nitrogens with zero attached hydrogens (tertiary/aromatic N) is 5. The van der Waals surface area contributed by atoms with E-state index in [4.69, 9.17) is 28.9 Å². The van der Waals surface area contributed by atoms with E-state index in [-0.39, 0.29) is 47.9 Å². The van der Waals surface area contributed by atoms with E-state index in [1.165, 1.54) is 25.2 Å². The third kappa shape index (κ3) is 9.23. The number of thiophene rings is 1. The van der Waals surface area contributed by atoms with Crippen molar-refractivity contribution in [3.8, 4) is 39.5 Å². The molecule has 1 saturated carbocycles. The van der Waals surface area contributed by atoms with Crippen molar-refractivity contribution in [1.29, 1.82) is 0 Å². The number of hydrogen-bond donors (Lipinski definition) is 4. The second-order valence-electron chi connectivity index (χ2n) is 20.7. The van der Waals surface area contributed by atoms with E-state index in [2.05, 4.69) is 43.4 Å². The van der Waals surface area contributed by atoms with Crippen LogP contribution in [0.25, 0.3) is 44.7 Å². The van der Waals surface area contributed by atoms with Gasteiger partial charge in [-0.3, -0.25) is 14.2 Å². The number of amides is 4. The van der Waals surface area contributed by atoms with E-state index >= 15 is 4.39 Å². The van der Waals surface area contributed by atoms with Gasteiger partial charge in [-0.25, -0.2) is 23.9 Å². The number of ether oxygens (including phenoxy) is 4. The van der Waals surface area contributed by atoms with Crippen molar-refractivity contribution in [1.82, 2.24) is 44.9 Å². The smallest absolute Gasteiger partial charge is 0.407 e. The molecule has 4 fully saturated rings. The zero-order valence-corrected chi connectivity index (χ0v) is 42.7. The number of rotatable bonds is 12. The van der Waals surface area contributed by atoms with Gasteiger partial charge in [0.15, 0.2) is 0 Å². The topological polar surface area (TPSA) is 198 Å². The molecule has 0 bridgehead atoms. The summed E-state index contributed by atoms with van der Waals surface area (Å²) in [5, 5.41) is 6.45. The van der Waals surface area contributed by atoms with Crippen LogP contribution in [0.1, 0.15) is 125 Å². The molecule has 19 heteroatoms. The SMILES string of the molecule is COC(=O)NC(C(=O)N1CCC[C@H]1c1ncc(-c2ccc3c(c2)cc2n3C(c3ccc(C4CC4)s3)Oc3cc(-c4cnc([C@@H]5CCCN5C(=O)[C@@H](NC(=O)OC)C(C)C)[nH]4)cc(F)c3-2)[nH]1)C1C[C@H](C)O[C@@H](C)C1. The van der Waals surface area contributed by atoms with Crippen molar-refractivity contribution in [2.45, 2.75) is 128 Å². The number of alkyl carbamates (subject to hydrolysis) is 2. The lowest BCUT2D eigenvalue weighted by Crippen LogP contribution is -2.54. The van der Waals surface area contributed by atoms with E-state index in [9.17, 15) is 19.2 Å². The standard InChI is InChI=1S/C54H62FN9O8S/c1-27(2)46(60-53(67)69-5)50(65)62-17-7-9-39(62)49-57-26-37(59-49)32-22-35(55)45-41-23-33-21-31(13-14-38(33)64(41)52(72-42(45)24-32)44-16-15-43(73-44)30-11-12-30)36-25-56-48(58-36)40-10-8-18-63(40)51(66)47(61-54(68)70-6)34-19-28(3)71-29(4)20-34/h13-16,21-30,34,39-40,46-47,52H,7-12,17-20H2,1-6H3,(H,56,58)(H,57,59)(H,60,67)(H,61,68)/t28-,29-,39-,40-,46-,47?,52?/m0/s1. The number of carbonyl (C=O) groups excluding carboxylic acids is 4. The Balaban J connectivity index is 0.893. The Morgan fingerprint density at radius 1 is 0.781 bits per heavy atom. The van der Waals surface area contributed by atoms with Gasteiger partial charge in [-0.2, -0.15) is 0 Å². The summed E-state index contributed by atoms with van der Waals surface area (Å²) in [4.78, 5) is 75.5. The summed E-state index contributed by atoms with van der Waals surface area (Å²) < 4.78 is 41.8. The number of carbonyl (C=O) groups is 4. The number of methoxy groups -OCH3 is 2. The number of hydrogen-bond acceptors (Lipinski definition) is 11. The van der Waals surface area contributed by atoms with Gasteiger partial charge in [-0.15, -0.1) is 11.3 Å². The van der Waals surface area contributed by atoms with Crippen LogP contribution in [0.5, 0.6) is 5.75 Å². The summed E-state index contributed by atoms with van der Waals surface area (Å²) in [6, 6.07) is 13.6. The lowest BCUT2D eigenvalue weighted by atomic mass is 9.85. The molecule has 8 heterocycles.